The minimum absolute atomic E-state index is 0.0662. The van der Waals surface area contributed by atoms with Crippen molar-refractivity contribution in [2.75, 3.05) is 38.5 Å². The number of benzene rings is 1. The van der Waals surface area contributed by atoms with E-state index in [0.29, 0.717) is 0 Å². The quantitative estimate of drug-likeness (QED) is 0.919. The zero-order valence-electron chi connectivity index (χ0n) is 12.8. The highest BCUT2D eigenvalue weighted by atomic mass is 16.2. The molecule has 1 amide bonds. The summed E-state index contributed by atoms with van der Waals surface area (Å²) in [5.41, 5.74) is 2.44. The Balaban J connectivity index is 1.53. The molecule has 2 aliphatic heterocycles. The summed E-state index contributed by atoms with van der Waals surface area (Å²) in [4.78, 5) is 16.9. The molecule has 2 aliphatic rings. The maximum absolute atomic E-state index is 12.6. The predicted octanol–water partition coefficient (Wildman–Crippen LogP) is 1.97. The van der Waals surface area contributed by atoms with Crippen LogP contribution in [0.4, 0.5) is 5.69 Å². The molecule has 0 radical (unpaired) electrons. The van der Waals surface area contributed by atoms with Gasteiger partial charge in [-0.25, -0.2) is 0 Å². The molecule has 1 aromatic carbocycles. The highest BCUT2D eigenvalue weighted by molar-refractivity contribution is 5.85. The molecule has 1 fully saturated rings. The number of anilines is 1. The largest absolute Gasteiger partial charge is 0.373 e. The second kappa shape index (κ2) is 6.48. The Morgan fingerprint density at radius 1 is 1.33 bits per heavy atom. The summed E-state index contributed by atoms with van der Waals surface area (Å²) >= 11 is 0. The Bertz CT molecular complexity index is 497. The molecule has 114 valence electrons. The van der Waals surface area contributed by atoms with Gasteiger partial charge in [0, 0.05) is 25.8 Å². The van der Waals surface area contributed by atoms with Gasteiger partial charge in [0.25, 0.3) is 0 Å². The molecule has 2 heterocycles. The normalized spacial score (nSPS) is 21.7. The fourth-order valence-electron chi connectivity index (χ4n) is 3.30. The van der Waals surface area contributed by atoms with E-state index in [1.807, 2.05) is 18.0 Å². The molecule has 0 aromatic heterocycles. The minimum Gasteiger partial charge on any atom is -0.373 e. The Kier molecular flexibility index (Phi) is 4.44. The van der Waals surface area contributed by atoms with E-state index in [-0.39, 0.29) is 11.9 Å². The van der Waals surface area contributed by atoms with Crippen LogP contribution in [-0.4, -0.2) is 55.0 Å². The number of carbonyl (C=O) groups is 1. The van der Waals surface area contributed by atoms with Crippen molar-refractivity contribution in [3.8, 4) is 0 Å². The molecule has 0 saturated carbocycles. The van der Waals surface area contributed by atoms with Gasteiger partial charge < -0.3 is 15.1 Å². The molecule has 1 unspecified atom stereocenters. The number of para-hydroxylation sites is 1. The lowest BCUT2D eigenvalue weighted by molar-refractivity contribution is -0.131. The van der Waals surface area contributed by atoms with E-state index in [1.165, 1.54) is 31.5 Å². The van der Waals surface area contributed by atoms with Gasteiger partial charge in [-0.1, -0.05) is 18.2 Å². The number of aryl methyl sites for hydroxylation is 1. The monoisotopic (exact) mass is 287 g/mol. The lowest BCUT2D eigenvalue weighted by Crippen LogP contribution is -2.45. The summed E-state index contributed by atoms with van der Waals surface area (Å²) in [5.74, 6) is 0.226. The summed E-state index contributed by atoms with van der Waals surface area (Å²) < 4.78 is 0. The number of carbonyl (C=O) groups excluding carboxylic acids is 1. The first-order valence-electron chi connectivity index (χ1n) is 8.06. The highest BCUT2D eigenvalue weighted by Gasteiger charge is 2.26. The molecule has 4 heteroatoms. The number of hydrogen-bond acceptors (Lipinski definition) is 3. The highest BCUT2D eigenvalue weighted by Crippen LogP contribution is 2.24. The average molecular weight is 287 g/mol. The lowest BCUT2D eigenvalue weighted by atomic mass is 9.97. The van der Waals surface area contributed by atoms with Gasteiger partial charge in [-0.2, -0.15) is 0 Å². The van der Waals surface area contributed by atoms with Crippen molar-refractivity contribution >= 4 is 11.6 Å². The van der Waals surface area contributed by atoms with Gasteiger partial charge >= 0.3 is 0 Å². The Morgan fingerprint density at radius 2 is 2.10 bits per heavy atom. The van der Waals surface area contributed by atoms with Gasteiger partial charge in [-0.3, -0.25) is 4.79 Å². The number of likely N-dealkylation sites (tertiary alicyclic amines) is 1. The molecule has 0 spiro atoms. The van der Waals surface area contributed by atoms with Gasteiger partial charge in [0.15, 0.2) is 0 Å². The minimum atomic E-state index is -0.0662. The van der Waals surface area contributed by atoms with Crippen molar-refractivity contribution in [1.82, 2.24) is 9.80 Å². The third kappa shape index (κ3) is 3.38. The van der Waals surface area contributed by atoms with Crippen molar-refractivity contribution in [2.45, 2.75) is 31.7 Å². The molecule has 1 atom stereocenters. The van der Waals surface area contributed by atoms with Gasteiger partial charge in [0.2, 0.25) is 5.91 Å². The first kappa shape index (κ1) is 14.4. The fourth-order valence-corrected chi connectivity index (χ4v) is 3.30. The van der Waals surface area contributed by atoms with Gasteiger partial charge in [0.05, 0.1) is 0 Å². The Hall–Kier alpha value is -1.55. The number of rotatable bonds is 4. The second-order valence-corrected chi connectivity index (χ2v) is 6.20. The maximum Gasteiger partial charge on any atom is 0.244 e. The Morgan fingerprint density at radius 3 is 2.90 bits per heavy atom. The molecule has 1 N–H and O–H groups in total. The van der Waals surface area contributed by atoms with Crippen molar-refractivity contribution in [1.29, 1.82) is 0 Å². The van der Waals surface area contributed by atoms with E-state index in [4.69, 9.17) is 0 Å². The topological polar surface area (TPSA) is 35.6 Å². The van der Waals surface area contributed by atoms with Crippen molar-refractivity contribution in [2.24, 2.45) is 0 Å². The van der Waals surface area contributed by atoms with E-state index in [9.17, 15) is 4.79 Å². The number of nitrogens with one attached hydrogen (secondary N) is 1. The van der Waals surface area contributed by atoms with Crippen LogP contribution in [0.5, 0.6) is 0 Å². The van der Waals surface area contributed by atoms with Crippen LogP contribution in [-0.2, 0) is 11.2 Å². The van der Waals surface area contributed by atoms with Gasteiger partial charge in [0.1, 0.15) is 6.04 Å². The van der Waals surface area contributed by atoms with Crippen LogP contribution in [0.2, 0.25) is 0 Å². The van der Waals surface area contributed by atoms with Gasteiger partial charge in [-0.05, 0) is 50.4 Å². The maximum atomic E-state index is 12.6. The van der Waals surface area contributed by atoms with Crippen LogP contribution in [0.15, 0.2) is 24.3 Å². The molecular weight excluding hydrogens is 262 g/mol. The SMILES string of the molecule is CN(CCN1CCCC1)C(=O)C1CCc2ccccc2N1. The Labute approximate surface area is 127 Å². The fraction of sp³-hybridized carbons (Fsp3) is 0.588. The van der Waals surface area contributed by atoms with Crippen LogP contribution in [0.1, 0.15) is 24.8 Å². The average Bonchev–Trinajstić information content (AvgIpc) is 3.05. The third-order valence-corrected chi connectivity index (χ3v) is 4.67. The summed E-state index contributed by atoms with van der Waals surface area (Å²) in [6.07, 6.45) is 4.49. The summed E-state index contributed by atoms with van der Waals surface area (Å²) in [6.45, 7) is 4.22. The summed E-state index contributed by atoms with van der Waals surface area (Å²) in [7, 11) is 1.93. The number of amides is 1. The molecular formula is C17H25N3O. The zero-order chi connectivity index (χ0) is 14.7. The molecule has 0 aliphatic carbocycles. The molecule has 1 saturated heterocycles. The van der Waals surface area contributed by atoms with Crippen molar-refractivity contribution < 1.29 is 4.79 Å². The molecule has 4 nitrogen and oxygen atoms in total. The van der Waals surface area contributed by atoms with E-state index in [1.54, 1.807) is 0 Å². The third-order valence-electron chi connectivity index (χ3n) is 4.67. The molecule has 3 rings (SSSR count). The van der Waals surface area contributed by atoms with Crippen LogP contribution in [0.25, 0.3) is 0 Å². The summed E-state index contributed by atoms with van der Waals surface area (Å²) in [5, 5.41) is 3.40. The number of fused-ring (bicyclic) bond motifs is 1. The van der Waals surface area contributed by atoms with Gasteiger partial charge in [-0.15, -0.1) is 0 Å². The lowest BCUT2D eigenvalue weighted by Gasteiger charge is -2.30. The number of likely N-dealkylation sites (N-methyl/N-ethyl adjacent to an activating group) is 1. The molecule has 0 bridgehead atoms. The van der Waals surface area contributed by atoms with Crippen molar-refractivity contribution in [3.63, 3.8) is 0 Å². The van der Waals surface area contributed by atoms with Crippen LogP contribution < -0.4 is 5.32 Å². The summed E-state index contributed by atoms with van der Waals surface area (Å²) in [6, 6.07) is 8.23. The van der Waals surface area contributed by atoms with E-state index in [0.717, 1.165) is 31.6 Å². The first-order chi connectivity index (χ1) is 10.2. The van der Waals surface area contributed by atoms with E-state index in [2.05, 4.69) is 28.4 Å². The second-order valence-electron chi connectivity index (χ2n) is 6.20. The van der Waals surface area contributed by atoms with Crippen LogP contribution in [0.3, 0.4) is 0 Å². The van der Waals surface area contributed by atoms with E-state index < -0.39 is 0 Å². The van der Waals surface area contributed by atoms with Crippen molar-refractivity contribution in [3.05, 3.63) is 29.8 Å². The van der Waals surface area contributed by atoms with E-state index >= 15 is 0 Å². The van der Waals surface area contributed by atoms with Crippen LogP contribution in [0, 0.1) is 0 Å². The van der Waals surface area contributed by atoms with Crippen LogP contribution >= 0.6 is 0 Å². The number of nitrogens with zero attached hydrogens (tertiary/aromatic N) is 2. The first-order valence-corrected chi connectivity index (χ1v) is 8.06. The standard InChI is InChI=1S/C17H25N3O/c1-19(12-13-20-10-4-5-11-20)17(21)16-9-8-14-6-2-3-7-15(14)18-16/h2-3,6-7,16,18H,4-5,8-13H2,1H3. The zero-order valence-corrected chi connectivity index (χ0v) is 12.8. The molecule has 21 heavy (non-hydrogen) atoms. The molecule has 1 aromatic rings. The number of hydrogen-bond donors (Lipinski definition) is 1. The smallest absolute Gasteiger partial charge is 0.244 e. The predicted molar refractivity (Wildman–Crippen MR) is 85.5 cm³/mol.